The van der Waals surface area contributed by atoms with E-state index in [-0.39, 0.29) is 11.5 Å². The molecule has 8 nitrogen and oxygen atoms in total. The van der Waals surface area contributed by atoms with Crippen molar-refractivity contribution >= 4 is 28.9 Å². The molecule has 1 aromatic rings. The van der Waals surface area contributed by atoms with Crippen LogP contribution in [0.25, 0.3) is 0 Å². The van der Waals surface area contributed by atoms with Gasteiger partial charge in [0, 0.05) is 5.92 Å². The van der Waals surface area contributed by atoms with E-state index >= 15 is 0 Å². The summed E-state index contributed by atoms with van der Waals surface area (Å²) in [5.74, 6) is -1.92. The lowest BCUT2D eigenvalue weighted by molar-refractivity contribution is -0.162. The Morgan fingerprint density at radius 1 is 1.30 bits per heavy atom. The number of aliphatic hydroxyl groups excluding tert-OH is 1. The van der Waals surface area contributed by atoms with Gasteiger partial charge in [0.25, 0.3) is 0 Å². The van der Waals surface area contributed by atoms with E-state index in [1.54, 1.807) is 37.3 Å². The van der Waals surface area contributed by atoms with Crippen LogP contribution in [0, 0.1) is 11.8 Å². The molecule has 1 aromatic carbocycles. The zero-order valence-corrected chi connectivity index (χ0v) is 17.1. The average Bonchev–Trinajstić information content (AvgIpc) is 2.83. The molecule has 1 fully saturated rings. The molecule has 1 saturated heterocycles. The molecule has 146 valence electrons. The van der Waals surface area contributed by atoms with Crippen LogP contribution in [0.1, 0.15) is 13.8 Å². The Kier molecular flexibility index (Phi) is 5.35. The smallest absolute Gasteiger partial charge is 0.427 e. The summed E-state index contributed by atoms with van der Waals surface area (Å²) in [6.07, 6.45) is -0.886. The van der Waals surface area contributed by atoms with E-state index in [0.29, 0.717) is 5.75 Å². The molecular weight excluding hydrogens is 392 g/mol. The zero-order valence-electron chi connectivity index (χ0n) is 15.1. The van der Waals surface area contributed by atoms with E-state index in [4.69, 9.17) is 13.6 Å². The molecule has 2 aliphatic rings. The molecule has 0 bridgehead atoms. The van der Waals surface area contributed by atoms with E-state index in [2.05, 4.69) is 0 Å². The number of nitrogens with zero attached hydrogens (tertiary/aromatic N) is 1. The number of hydrogen-bond donors (Lipinski definition) is 1. The summed E-state index contributed by atoms with van der Waals surface area (Å²) in [7, 11) is -1.83. The highest BCUT2D eigenvalue weighted by atomic mass is 31.2. The van der Waals surface area contributed by atoms with Crippen molar-refractivity contribution in [3.63, 3.8) is 0 Å². The van der Waals surface area contributed by atoms with E-state index in [0.717, 1.165) is 0 Å². The monoisotopic (exact) mass is 413 g/mol. The predicted octanol–water partition coefficient (Wildman–Crippen LogP) is 2.31. The molecule has 10 heteroatoms. The van der Waals surface area contributed by atoms with Gasteiger partial charge < -0.3 is 18.7 Å². The Morgan fingerprint density at radius 3 is 2.48 bits per heavy atom. The van der Waals surface area contributed by atoms with Gasteiger partial charge in [-0.3, -0.25) is 9.69 Å². The third-order valence-corrected chi connectivity index (χ3v) is 5.97. The molecule has 2 aliphatic heterocycles. The normalized spacial score (nSPS) is 27.4. The average molecular weight is 413 g/mol. The van der Waals surface area contributed by atoms with Crippen LogP contribution >= 0.6 is 17.1 Å². The Balaban J connectivity index is 1.92. The Labute approximate surface area is 159 Å². The van der Waals surface area contributed by atoms with Gasteiger partial charge in [-0.25, -0.2) is 9.36 Å². The second kappa shape index (κ2) is 7.27. The maximum absolute atomic E-state index is 12.9. The Morgan fingerprint density at radius 2 is 1.93 bits per heavy atom. The molecule has 2 unspecified atom stereocenters. The number of amides is 1. The molecule has 2 heterocycles. The third-order valence-electron chi connectivity index (χ3n) is 4.69. The summed E-state index contributed by atoms with van der Waals surface area (Å²) in [4.78, 5) is 25.9. The maximum atomic E-state index is 12.9. The van der Waals surface area contributed by atoms with E-state index in [1.165, 1.54) is 18.5 Å². The summed E-state index contributed by atoms with van der Waals surface area (Å²) >= 11 is 0. The molecule has 0 spiro atoms. The molecule has 6 atom stereocenters. The van der Waals surface area contributed by atoms with Crippen LogP contribution < -0.4 is 4.52 Å². The lowest BCUT2D eigenvalue weighted by Gasteiger charge is -2.46. The van der Waals surface area contributed by atoms with E-state index in [1.807, 2.05) is 9.47 Å². The fourth-order valence-corrected chi connectivity index (χ4v) is 4.82. The fraction of sp³-hybridized carbons (Fsp3) is 0.412. The number of β-lactam (4-membered cyclic amide) rings is 1. The number of para-hydroxylation sites is 1. The van der Waals surface area contributed by atoms with Crippen molar-refractivity contribution in [2.24, 2.45) is 11.8 Å². The van der Waals surface area contributed by atoms with Crippen LogP contribution in [0.3, 0.4) is 0 Å². The topological polar surface area (TPSA) is 102 Å². The van der Waals surface area contributed by atoms with Crippen LogP contribution in [0.2, 0.25) is 0 Å². The van der Waals surface area contributed by atoms with Gasteiger partial charge in [0.2, 0.25) is 5.91 Å². The van der Waals surface area contributed by atoms with Crippen LogP contribution in [-0.4, -0.2) is 40.7 Å². The van der Waals surface area contributed by atoms with Crippen molar-refractivity contribution in [3.05, 3.63) is 41.8 Å². The highest BCUT2D eigenvalue weighted by molar-refractivity contribution is 7.53. The lowest BCUT2D eigenvalue weighted by Crippen LogP contribution is -2.63. The van der Waals surface area contributed by atoms with Crippen molar-refractivity contribution in [1.82, 2.24) is 4.90 Å². The van der Waals surface area contributed by atoms with Crippen LogP contribution in [-0.2, 0) is 23.2 Å². The second-order valence-electron chi connectivity index (χ2n) is 6.64. The number of carbonyl (C=O) groups excluding carboxylic acids is 2. The molecule has 27 heavy (non-hydrogen) atoms. The van der Waals surface area contributed by atoms with Crippen LogP contribution in [0.5, 0.6) is 5.75 Å². The van der Waals surface area contributed by atoms with Crippen molar-refractivity contribution in [2.75, 3.05) is 6.66 Å². The van der Waals surface area contributed by atoms with Crippen LogP contribution in [0.4, 0.5) is 0 Å². The Hall–Kier alpha value is -1.88. The van der Waals surface area contributed by atoms with Gasteiger partial charge in [0.15, 0.2) is 5.70 Å². The number of fused-ring (bicyclic) bond motifs is 1. The van der Waals surface area contributed by atoms with Crippen molar-refractivity contribution < 1.29 is 32.8 Å². The number of benzene rings is 1. The third kappa shape index (κ3) is 3.49. The first-order chi connectivity index (χ1) is 12.7. The first-order valence-electron chi connectivity index (χ1n) is 8.36. The summed E-state index contributed by atoms with van der Waals surface area (Å²) in [5.41, 5.74) is -0.108. The van der Waals surface area contributed by atoms with Gasteiger partial charge in [0.05, 0.1) is 34.2 Å². The SMILES string of the molecule is C[C@@H](O)[C@H]1C(=O)N2C(C(=O)OP)=C(OP(C)(=O)Oc3ccccc3)[C@H](C)[C@H]12. The minimum Gasteiger partial charge on any atom is -0.447 e. The van der Waals surface area contributed by atoms with Crippen molar-refractivity contribution in [1.29, 1.82) is 0 Å². The molecule has 1 N–H and O–H groups in total. The molecular formula is C17H21NO7P2. The fourth-order valence-electron chi connectivity index (χ4n) is 3.56. The molecule has 0 aromatic heterocycles. The van der Waals surface area contributed by atoms with E-state index in [9.17, 15) is 19.3 Å². The van der Waals surface area contributed by atoms with Gasteiger partial charge in [-0.05, 0) is 19.1 Å². The molecule has 0 saturated carbocycles. The first-order valence-corrected chi connectivity index (χ1v) is 10.8. The zero-order chi connectivity index (χ0) is 19.9. The standard InChI is InChI=1S/C17H21NO7P2/c1-9-13-12(10(2)19)16(20)18(13)14(17(21)23-26)15(9)25-27(3,22)24-11-7-5-4-6-8-11/h4-10,12-13,19H,26H2,1-3H3/t9-,10-,12-,13-,27?/m1/s1. The summed E-state index contributed by atoms with van der Waals surface area (Å²) < 4.78 is 28.7. The minimum absolute atomic E-state index is 0.0608. The van der Waals surface area contributed by atoms with Gasteiger partial charge in [-0.15, -0.1) is 0 Å². The lowest BCUT2D eigenvalue weighted by atomic mass is 9.79. The minimum atomic E-state index is -3.65. The number of hydrogen-bond acceptors (Lipinski definition) is 7. The van der Waals surface area contributed by atoms with Crippen molar-refractivity contribution in [3.8, 4) is 5.75 Å². The highest BCUT2D eigenvalue weighted by Crippen LogP contribution is 2.54. The second-order valence-corrected chi connectivity index (χ2v) is 8.78. The van der Waals surface area contributed by atoms with Crippen LogP contribution in [0.15, 0.2) is 41.8 Å². The summed E-state index contributed by atoms with van der Waals surface area (Å²) in [6.45, 7) is 4.54. The largest absolute Gasteiger partial charge is 0.447 e. The predicted molar refractivity (Wildman–Crippen MR) is 99.5 cm³/mol. The van der Waals surface area contributed by atoms with Gasteiger partial charge in [0.1, 0.15) is 11.5 Å². The van der Waals surface area contributed by atoms with Gasteiger partial charge in [-0.1, -0.05) is 25.1 Å². The summed E-state index contributed by atoms with van der Waals surface area (Å²) in [6, 6.07) is 8.02. The molecule has 3 rings (SSSR count). The molecule has 0 aliphatic carbocycles. The number of rotatable bonds is 6. The number of carbonyl (C=O) groups is 2. The summed E-state index contributed by atoms with van der Waals surface area (Å²) in [5, 5.41) is 9.90. The highest BCUT2D eigenvalue weighted by Gasteiger charge is 2.61. The maximum Gasteiger partial charge on any atom is 0.427 e. The molecule has 1 amide bonds. The number of aliphatic hydroxyl groups is 1. The molecule has 0 radical (unpaired) electrons. The van der Waals surface area contributed by atoms with Crippen molar-refractivity contribution in [2.45, 2.75) is 26.0 Å². The van der Waals surface area contributed by atoms with E-state index < -0.39 is 43.5 Å². The Bertz CT molecular complexity index is 839. The van der Waals surface area contributed by atoms with Gasteiger partial charge >= 0.3 is 13.6 Å². The van der Waals surface area contributed by atoms with Gasteiger partial charge in [-0.2, -0.15) is 0 Å². The quantitative estimate of drug-likeness (QED) is 0.564. The first kappa shape index (κ1) is 19.9.